The number of rotatable bonds is 4. The number of nitrogens with one attached hydrogen (secondary N) is 3. The van der Waals surface area contributed by atoms with Gasteiger partial charge in [-0.25, -0.2) is 0 Å². The Morgan fingerprint density at radius 2 is 1.39 bits per heavy atom. The molecule has 3 rings (SSSR count). The first-order valence-corrected chi connectivity index (χ1v) is 9.56. The number of benzene rings is 3. The molecule has 0 aliphatic rings. The van der Waals surface area contributed by atoms with E-state index < -0.39 is 0 Å². The van der Waals surface area contributed by atoms with Crippen molar-refractivity contribution in [2.45, 2.75) is 0 Å². The highest BCUT2D eigenvalue weighted by atomic mass is 79.9. The molecule has 3 aromatic carbocycles. The molecule has 0 spiro atoms. The van der Waals surface area contributed by atoms with Crippen molar-refractivity contribution in [3.05, 3.63) is 94.5 Å². The average molecular weight is 454 g/mol. The van der Waals surface area contributed by atoms with Gasteiger partial charge in [0.05, 0.1) is 11.3 Å². The molecule has 0 unspecified atom stereocenters. The highest BCUT2D eigenvalue weighted by Crippen LogP contribution is 2.17. The number of hydrogen-bond acceptors (Lipinski definition) is 3. The summed E-state index contributed by atoms with van der Waals surface area (Å²) in [4.78, 5) is 24.9. The standard InChI is InChI=1S/C21H16BrN3O2S/c22-15-12-10-14(11-13-15)19(26)25-21(28)24-18-9-5-4-8-17(18)20(27)23-16-6-2-1-3-7-16/h1-13H,(H,23,27)(H2,24,25,26,28). The minimum atomic E-state index is -0.337. The first kappa shape index (κ1) is 19.7. The van der Waals surface area contributed by atoms with Crippen LogP contribution in [0.3, 0.4) is 0 Å². The van der Waals surface area contributed by atoms with Gasteiger partial charge < -0.3 is 10.6 Å². The molecule has 0 aliphatic heterocycles. The number of anilines is 2. The van der Waals surface area contributed by atoms with Crippen LogP contribution in [0.15, 0.2) is 83.3 Å². The Morgan fingerprint density at radius 3 is 2.11 bits per heavy atom. The van der Waals surface area contributed by atoms with E-state index in [2.05, 4.69) is 31.9 Å². The van der Waals surface area contributed by atoms with Crippen molar-refractivity contribution in [1.82, 2.24) is 5.32 Å². The number of carbonyl (C=O) groups is 2. The third-order valence-electron chi connectivity index (χ3n) is 3.79. The van der Waals surface area contributed by atoms with Crippen LogP contribution in [0.2, 0.25) is 0 Å². The molecule has 0 aromatic heterocycles. The van der Waals surface area contributed by atoms with Gasteiger partial charge in [0.15, 0.2) is 5.11 Å². The summed E-state index contributed by atoms with van der Waals surface area (Å²) in [5.41, 5.74) is 2.07. The SMILES string of the molecule is O=C(NC(=S)Nc1ccccc1C(=O)Nc1ccccc1)c1ccc(Br)cc1. The third kappa shape index (κ3) is 5.25. The van der Waals surface area contributed by atoms with Crippen LogP contribution in [0.4, 0.5) is 11.4 Å². The highest BCUT2D eigenvalue weighted by molar-refractivity contribution is 9.10. The summed E-state index contributed by atoms with van der Waals surface area (Å²) in [6.45, 7) is 0. The van der Waals surface area contributed by atoms with Gasteiger partial charge in [-0.3, -0.25) is 14.9 Å². The Morgan fingerprint density at radius 1 is 0.750 bits per heavy atom. The summed E-state index contributed by atoms with van der Waals surface area (Å²) in [5.74, 6) is -0.618. The molecule has 28 heavy (non-hydrogen) atoms. The Balaban J connectivity index is 1.68. The lowest BCUT2D eigenvalue weighted by molar-refractivity contribution is 0.0976. The zero-order valence-electron chi connectivity index (χ0n) is 14.6. The zero-order chi connectivity index (χ0) is 19.9. The zero-order valence-corrected chi connectivity index (χ0v) is 17.0. The molecule has 0 bridgehead atoms. The van der Waals surface area contributed by atoms with E-state index in [1.807, 2.05) is 18.2 Å². The maximum atomic E-state index is 12.6. The van der Waals surface area contributed by atoms with Crippen LogP contribution in [0, 0.1) is 0 Å². The predicted octanol–water partition coefficient (Wildman–Crippen LogP) is 4.83. The fraction of sp³-hybridized carbons (Fsp3) is 0. The monoisotopic (exact) mass is 453 g/mol. The fourth-order valence-corrected chi connectivity index (χ4v) is 2.91. The molecule has 3 N–H and O–H groups in total. The molecule has 140 valence electrons. The number of amides is 2. The molecule has 0 aliphatic carbocycles. The Kier molecular flexibility index (Phi) is 6.52. The Hall–Kier alpha value is -3.03. The van der Waals surface area contributed by atoms with Crippen LogP contribution in [0.5, 0.6) is 0 Å². The second-order valence-electron chi connectivity index (χ2n) is 5.78. The number of carbonyl (C=O) groups excluding carboxylic acids is 2. The molecule has 0 atom stereocenters. The van der Waals surface area contributed by atoms with Crippen LogP contribution in [-0.2, 0) is 0 Å². The van der Waals surface area contributed by atoms with Crippen LogP contribution >= 0.6 is 28.1 Å². The normalized spacial score (nSPS) is 10.0. The van der Waals surface area contributed by atoms with Crippen molar-refractivity contribution in [3.63, 3.8) is 0 Å². The van der Waals surface area contributed by atoms with E-state index in [1.165, 1.54) is 0 Å². The van der Waals surface area contributed by atoms with Crippen molar-refractivity contribution in [3.8, 4) is 0 Å². The van der Waals surface area contributed by atoms with Crippen LogP contribution in [0.25, 0.3) is 0 Å². The first-order valence-electron chi connectivity index (χ1n) is 8.36. The fourth-order valence-electron chi connectivity index (χ4n) is 2.44. The van der Waals surface area contributed by atoms with Crippen LogP contribution in [-0.4, -0.2) is 16.9 Å². The molecule has 0 saturated carbocycles. The molecule has 0 heterocycles. The molecule has 0 fully saturated rings. The molecular formula is C21H16BrN3O2S. The van der Waals surface area contributed by atoms with E-state index in [4.69, 9.17) is 12.2 Å². The van der Waals surface area contributed by atoms with Gasteiger partial charge in [-0.1, -0.05) is 46.3 Å². The smallest absolute Gasteiger partial charge is 0.257 e. The molecule has 3 aromatic rings. The van der Waals surface area contributed by atoms with E-state index in [9.17, 15) is 9.59 Å². The van der Waals surface area contributed by atoms with E-state index in [1.54, 1.807) is 60.7 Å². The van der Waals surface area contributed by atoms with Gasteiger partial charge in [0.1, 0.15) is 0 Å². The molecule has 2 amide bonds. The lowest BCUT2D eigenvalue weighted by Gasteiger charge is -2.13. The minimum absolute atomic E-state index is 0.105. The van der Waals surface area contributed by atoms with Gasteiger partial charge in [-0.05, 0) is 60.7 Å². The molecule has 7 heteroatoms. The number of hydrogen-bond donors (Lipinski definition) is 3. The number of halogens is 1. The summed E-state index contributed by atoms with van der Waals surface area (Å²) >= 11 is 8.56. The van der Waals surface area contributed by atoms with Crippen molar-refractivity contribution >= 4 is 56.4 Å². The largest absolute Gasteiger partial charge is 0.332 e. The number of thiocarbonyl (C=S) groups is 1. The third-order valence-corrected chi connectivity index (χ3v) is 4.52. The van der Waals surface area contributed by atoms with Gasteiger partial charge in [-0.2, -0.15) is 0 Å². The Labute approximate surface area is 176 Å². The quantitative estimate of drug-likeness (QED) is 0.494. The predicted molar refractivity (Wildman–Crippen MR) is 119 cm³/mol. The number of para-hydroxylation sites is 2. The van der Waals surface area contributed by atoms with Gasteiger partial charge in [-0.15, -0.1) is 0 Å². The minimum Gasteiger partial charge on any atom is -0.332 e. The van der Waals surface area contributed by atoms with E-state index in [-0.39, 0.29) is 16.9 Å². The Bertz CT molecular complexity index is 1010. The average Bonchev–Trinajstić information content (AvgIpc) is 2.69. The van der Waals surface area contributed by atoms with Gasteiger partial charge in [0, 0.05) is 15.7 Å². The van der Waals surface area contributed by atoms with Gasteiger partial charge in [0.2, 0.25) is 0 Å². The van der Waals surface area contributed by atoms with E-state index in [0.717, 1.165) is 4.47 Å². The second-order valence-corrected chi connectivity index (χ2v) is 7.10. The summed E-state index contributed by atoms with van der Waals surface area (Å²) < 4.78 is 0.878. The lowest BCUT2D eigenvalue weighted by Crippen LogP contribution is -2.34. The summed E-state index contributed by atoms with van der Waals surface area (Å²) in [5, 5.41) is 8.47. The molecule has 5 nitrogen and oxygen atoms in total. The topological polar surface area (TPSA) is 70.2 Å². The lowest BCUT2D eigenvalue weighted by atomic mass is 10.1. The molecular weight excluding hydrogens is 438 g/mol. The molecule has 0 radical (unpaired) electrons. The first-order chi connectivity index (χ1) is 13.5. The van der Waals surface area contributed by atoms with Crippen molar-refractivity contribution in [2.24, 2.45) is 0 Å². The summed E-state index contributed by atoms with van der Waals surface area (Å²) in [6.07, 6.45) is 0. The maximum Gasteiger partial charge on any atom is 0.257 e. The molecule has 0 saturated heterocycles. The van der Waals surface area contributed by atoms with Crippen molar-refractivity contribution in [1.29, 1.82) is 0 Å². The summed E-state index contributed by atoms with van der Waals surface area (Å²) in [7, 11) is 0. The summed E-state index contributed by atoms with van der Waals surface area (Å²) in [6, 6.07) is 23.0. The van der Waals surface area contributed by atoms with E-state index in [0.29, 0.717) is 22.5 Å². The van der Waals surface area contributed by atoms with Gasteiger partial charge in [0.25, 0.3) is 11.8 Å². The van der Waals surface area contributed by atoms with Crippen LogP contribution in [0.1, 0.15) is 20.7 Å². The second kappa shape index (κ2) is 9.25. The van der Waals surface area contributed by atoms with Gasteiger partial charge >= 0.3 is 0 Å². The highest BCUT2D eigenvalue weighted by Gasteiger charge is 2.13. The van der Waals surface area contributed by atoms with Crippen LogP contribution < -0.4 is 16.0 Å². The van der Waals surface area contributed by atoms with Crippen molar-refractivity contribution in [2.75, 3.05) is 10.6 Å². The maximum absolute atomic E-state index is 12.6. The van der Waals surface area contributed by atoms with Crippen molar-refractivity contribution < 1.29 is 9.59 Å². The van der Waals surface area contributed by atoms with E-state index >= 15 is 0 Å².